The molecule has 20 heavy (non-hydrogen) atoms. The quantitative estimate of drug-likeness (QED) is 0.215. The van der Waals surface area contributed by atoms with Crippen molar-refractivity contribution in [1.29, 1.82) is 0 Å². The number of amidine groups is 1. The number of nitrogens with two attached hydrogens (primary N) is 1. The van der Waals surface area contributed by atoms with Crippen molar-refractivity contribution in [3.8, 4) is 0 Å². The fraction of sp³-hybridized carbons (Fsp3) is 0.455. The third-order valence-corrected chi connectivity index (χ3v) is 2.71. The van der Waals surface area contributed by atoms with E-state index in [1.54, 1.807) is 4.90 Å². The molecule has 1 rings (SSSR count). The molecular formula is C11H17N5O4. The Kier molecular flexibility index (Phi) is 5.66. The van der Waals surface area contributed by atoms with Gasteiger partial charge >= 0.3 is 0 Å². The highest BCUT2D eigenvalue weighted by atomic mass is 16.6. The fourth-order valence-corrected chi connectivity index (χ4v) is 1.72. The molecule has 0 spiro atoms. The zero-order valence-corrected chi connectivity index (χ0v) is 11.1. The Bertz CT molecular complexity index is 506. The van der Waals surface area contributed by atoms with Crippen molar-refractivity contribution in [2.75, 3.05) is 24.6 Å². The van der Waals surface area contributed by atoms with E-state index in [0.717, 1.165) is 6.20 Å². The second kappa shape index (κ2) is 7.24. The molecule has 0 saturated heterocycles. The SMILES string of the molecule is CCN(CCCO)c1ncc([N+](=O)[O-])cc1C(N)=NO. The second-order valence-corrected chi connectivity index (χ2v) is 3.96. The number of hydrogen-bond donors (Lipinski definition) is 3. The van der Waals surface area contributed by atoms with Gasteiger partial charge < -0.3 is 20.9 Å². The average molecular weight is 283 g/mol. The number of hydrogen-bond acceptors (Lipinski definition) is 7. The predicted molar refractivity (Wildman–Crippen MR) is 73.0 cm³/mol. The van der Waals surface area contributed by atoms with Crippen LogP contribution in [0.4, 0.5) is 11.5 Å². The van der Waals surface area contributed by atoms with Crippen molar-refractivity contribution in [3.05, 3.63) is 27.9 Å². The number of oxime groups is 1. The number of pyridine rings is 1. The molecule has 0 amide bonds. The van der Waals surface area contributed by atoms with Crippen LogP contribution in [-0.2, 0) is 0 Å². The van der Waals surface area contributed by atoms with Crippen LogP contribution in [0.5, 0.6) is 0 Å². The maximum atomic E-state index is 10.8. The summed E-state index contributed by atoms with van der Waals surface area (Å²) in [6, 6.07) is 1.21. The minimum atomic E-state index is -0.602. The zero-order chi connectivity index (χ0) is 15.1. The Labute approximate surface area is 115 Å². The van der Waals surface area contributed by atoms with Crippen LogP contribution in [0.25, 0.3) is 0 Å². The fourth-order valence-electron chi connectivity index (χ4n) is 1.72. The summed E-state index contributed by atoms with van der Waals surface area (Å²) < 4.78 is 0. The monoisotopic (exact) mass is 283 g/mol. The van der Waals surface area contributed by atoms with Crippen molar-refractivity contribution >= 4 is 17.3 Å². The van der Waals surface area contributed by atoms with Gasteiger partial charge in [0.2, 0.25) is 0 Å². The van der Waals surface area contributed by atoms with Gasteiger partial charge in [-0.05, 0) is 13.3 Å². The molecule has 0 aliphatic rings. The van der Waals surface area contributed by atoms with Gasteiger partial charge in [0, 0.05) is 25.8 Å². The van der Waals surface area contributed by atoms with Crippen molar-refractivity contribution in [1.82, 2.24) is 4.98 Å². The molecule has 0 radical (unpaired) electrons. The summed E-state index contributed by atoms with van der Waals surface area (Å²) in [4.78, 5) is 16.0. The van der Waals surface area contributed by atoms with E-state index in [0.29, 0.717) is 25.3 Å². The Morgan fingerprint density at radius 1 is 1.65 bits per heavy atom. The molecule has 0 saturated carbocycles. The number of nitrogens with zero attached hydrogens (tertiary/aromatic N) is 4. The lowest BCUT2D eigenvalue weighted by Crippen LogP contribution is -2.29. The van der Waals surface area contributed by atoms with E-state index in [4.69, 9.17) is 16.0 Å². The minimum absolute atomic E-state index is 0.0163. The first-order valence-electron chi connectivity index (χ1n) is 6.03. The van der Waals surface area contributed by atoms with Crippen LogP contribution in [0.2, 0.25) is 0 Å². The van der Waals surface area contributed by atoms with Gasteiger partial charge in [0.25, 0.3) is 5.69 Å². The highest BCUT2D eigenvalue weighted by Crippen LogP contribution is 2.22. The summed E-state index contributed by atoms with van der Waals surface area (Å²) >= 11 is 0. The van der Waals surface area contributed by atoms with Crippen LogP contribution in [0.15, 0.2) is 17.4 Å². The van der Waals surface area contributed by atoms with Crippen LogP contribution in [0.1, 0.15) is 18.9 Å². The van der Waals surface area contributed by atoms with Gasteiger partial charge in [-0.2, -0.15) is 0 Å². The molecule has 0 atom stereocenters. The largest absolute Gasteiger partial charge is 0.409 e. The van der Waals surface area contributed by atoms with Gasteiger partial charge in [0.1, 0.15) is 12.0 Å². The van der Waals surface area contributed by atoms with Crippen molar-refractivity contribution in [3.63, 3.8) is 0 Å². The smallest absolute Gasteiger partial charge is 0.288 e. The summed E-state index contributed by atoms with van der Waals surface area (Å²) in [6.45, 7) is 2.96. The molecule has 1 aromatic rings. The molecule has 1 aromatic heterocycles. The molecule has 4 N–H and O–H groups in total. The summed E-state index contributed by atoms with van der Waals surface area (Å²) in [7, 11) is 0. The number of aromatic nitrogens is 1. The maximum Gasteiger partial charge on any atom is 0.288 e. The zero-order valence-electron chi connectivity index (χ0n) is 11.1. The van der Waals surface area contributed by atoms with Crippen molar-refractivity contribution in [2.45, 2.75) is 13.3 Å². The number of anilines is 1. The summed E-state index contributed by atoms with van der Waals surface area (Å²) in [6.07, 6.45) is 1.63. The minimum Gasteiger partial charge on any atom is -0.409 e. The normalized spacial score (nSPS) is 11.4. The molecule has 0 aromatic carbocycles. The molecular weight excluding hydrogens is 266 g/mol. The molecule has 0 bridgehead atoms. The number of nitro groups is 1. The van der Waals surface area contributed by atoms with Gasteiger partial charge in [-0.3, -0.25) is 10.1 Å². The topological polar surface area (TPSA) is 138 Å². The molecule has 0 unspecified atom stereocenters. The van der Waals surface area contributed by atoms with Crippen molar-refractivity contribution in [2.24, 2.45) is 10.9 Å². The van der Waals surface area contributed by atoms with E-state index in [1.807, 2.05) is 6.92 Å². The third-order valence-electron chi connectivity index (χ3n) is 2.71. The van der Waals surface area contributed by atoms with Gasteiger partial charge in [0.15, 0.2) is 5.84 Å². The number of rotatable bonds is 7. The van der Waals surface area contributed by atoms with E-state index in [-0.39, 0.29) is 23.7 Å². The average Bonchev–Trinajstić information content (AvgIpc) is 2.47. The lowest BCUT2D eigenvalue weighted by molar-refractivity contribution is -0.385. The maximum absolute atomic E-state index is 10.8. The predicted octanol–water partition coefficient (Wildman–Crippen LogP) is 0.293. The van der Waals surface area contributed by atoms with E-state index in [1.165, 1.54) is 6.07 Å². The highest BCUT2D eigenvalue weighted by molar-refractivity contribution is 6.01. The Morgan fingerprint density at radius 3 is 2.85 bits per heavy atom. The van der Waals surface area contributed by atoms with Crippen molar-refractivity contribution < 1.29 is 15.2 Å². The second-order valence-electron chi connectivity index (χ2n) is 3.96. The first kappa shape index (κ1) is 15.6. The van der Waals surface area contributed by atoms with Crippen LogP contribution in [-0.4, -0.2) is 45.8 Å². The molecule has 9 nitrogen and oxygen atoms in total. The van der Waals surface area contributed by atoms with Gasteiger partial charge in [-0.25, -0.2) is 4.98 Å². The molecule has 0 fully saturated rings. The first-order valence-corrected chi connectivity index (χ1v) is 6.03. The van der Waals surface area contributed by atoms with E-state index < -0.39 is 4.92 Å². The lowest BCUT2D eigenvalue weighted by Gasteiger charge is -2.23. The number of aliphatic hydroxyl groups is 1. The number of aliphatic hydroxyl groups excluding tert-OH is 1. The van der Waals surface area contributed by atoms with Crippen LogP contribution in [0, 0.1) is 10.1 Å². The van der Waals surface area contributed by atoms with Crippen LogP contribution in [0.3, 0.4) is 0 Å². The Morgan fingerprint density at radius 2 is 2.35 bits per heavy atom. The van der Waals surface area contributed by atoms with E-state index in [2.05, 4.69) is 10.1 Å². The Hall–Kier alpha value is -2.42. The van der Waals surface area contributed by atoms with Gasteiger partial charge in [-0.15, -0.1) is 0 Å². The molecule has 9 heteroatoms. The Balaban J connectivity index is 3.26. The molecule has 1 heterocycles. The summed E-state index contributed by atoms with van der Waals surface area (Å²) in [5.41, 5.74) is 5.49. The van der Waals surface area contributed by atoms with E-state index in [9.17, 15) is 10.1 Å². The molecule has 0 aliphatic heterocycles. The van der Waals surface area contributed by atoms with Gasteiger partial charge in [-0.1, -0.05) is 5.16 Å². The third kappa shape index (κ3) is 3.54. The standard InChI is InChI=1S/C11H17N5O4/c1-2-15(4-3-5-17)11-9(10(12)14-18)6-8(7-13-11)16(19)20/h6-7,17-18H,2-5H2,1H3,(H2,12,14). The highest BCUT2D eigenvalue weighted by Gasteiger charge is 2.19. The van der Waals surface area contributed by atoms with E-state index >= 15 is 0 Å². The van der Waals surface area contributed by atoms with Crippen LogP contribution < -0.4 is 10.6 Å². The molecule has 110 valence electrons. The lowest BCUT2D eigenvalue weighted by atomic mass is 10.2. The molecule has 0 aliphatic carbocycles. The van der Waals surface area contributed by atoms with Crippen LogP contribution >= 0.6 is 0 Å². The summed E-state index contributed by atoms with van der Waals surface area (Å²) in [5.74, 6) is 0.125. The van der Waals surface area contributed by atoms with Gasteiger partial charge in [0.05, 0.1) is 10.5 Å². The first-order chi connectivity index (χ1) is 9.54. The summed E-state index contributed by atoms with van der Waals surface area (Å²) in [5, 5.41) is 31.3.